The minimum Gasteiger partial charge on any atom is -0.353 e. The number of nitrogens with one attached hydrogen (secondary N) is 1. The van der Waals surface area contributed by atoms with Crippen LogP contribution in [0.3, 0.4) is 0 Å². The zero-order valence-electron chi connectivity index (χ0n) is 13.9. The van der Waals surface area contributed by atoms with Crippen molar-refractivity contribution in [3.05, 3.63) is 21.9 Å². The highest BCUT2D eigenvalue weighted by molar-refractivity contribution is 7.10. The number of rotatable bonds is 4. The Kier molecular flexibility index (Phi) is 5.02. The summed E-state index contributed by atoms with van der Waals surface area (Å²) < 4.78 is 0. The summed E-state index contributed by atoms with van der Waals surface area (Å²) >= 11 is 1.79. The Balaban J connectivity index is 1.55. The number of thiophene rings is 1. The molecule has 1 aromatic rings. The minimum atomic E-state index is -0.110. The van der Waals surface area contributed by atoms with E-state index >= 15 is 0 Å². The number of amides is 2. The van der Waals surface area contributed by atoms with Crippen LogP contribution < -0.4 is 5.32 Å². The van der Waals surface area contributed by atoms with E-state index in [1.165, 1.54) is 10.4 Å². The van der Waals surface area contributed by atoms with Gasteiger partial charge in [0, 0.05) is 44.0 Å². The van der Waals surface area contributed by atoms with Crippen LogP contribution in [0.4, 0.5) is 0 Å². The van der Waals surface area contributed by atoms with Gasteiger partial charge in [-0.15, -0.1) is 11.3 Å². The molecule has 0 aliphatic carbocycles. The first kappa shape index (κ1) is 16.5. The molecule has 2 aliphatic rings. The summed E-state index contributed by atoms with van der Waals surface area (Å²) in [4.78, 5) is 30.1. The van der Waals surface area contributed by atoms with Crippen molar-refractivity contribution in [1.29, 1.82) is 0 Å². The van der Waals surface area contributed by atoms with Gasteiger partial charge in [-0.25, -0.2) is 0 Å². The molecule has 0 aromatic carbocycles. The van der Waals surface area contributed by atoms with Gasteiger partial charge in [-0.2, -0.15) is 0 Å². The van der Waals surface area contributed by atoms with Gasteiger partial charge < -0.3 is 10.2 Å². The van der Waals surface area contributed by atoms with E-state index < -0.39 is 0 Å². The van der Waals surface area contributed by atoms with E-state index in [0.29, 0.717) is 19.5 Å². The minimum absolute atomic E-state index is 0.0968. The molecule has 1 saturated heterocycles. The lowest BCUT2D eigenvalue weighted by atomic mass is 9.99. The number of carbonyl (C=O) groups is 2. The molecular weight excluding hydrogens is 310 g/mol. The molecule has 1 atom stereocenters. The Labute approximate surface area is 141 Å². The van der Waals surface area contributed by atoms with Crippen LogP contribution in [0, 0.1) is 5.92 Å². The van der Waals surface area contributed by atoms with E-state index in [9.17, 15) is 9.59 Å². The topological polar surface area (TPSA) is 52.7 Å². The third kappa shape index (κ3) is 3.58. The lowest BCUT2D eigenvalue weighted by Crippen LogP contribution is -2.57. The summed E-state index contributed by atoms with van der Waals surface area (Å²) in [6.07, 6.45) is 1.47. The zero-order valence-corrected chi connectivity index (χ0v) is 14.7. The van der Waals surface area contributed by atoms with Crippen LogP contribution in [-0.2, 0) is 22.6 Å². The SMILES string of the molecule is CC(C)C1C(=O)NCCN1CCC(=O)N1CCc2sccc2C1. The molecule has 23 heavy (non-hydrogen) atoms. The predicted octanol–water partition coefficient (Wildman–Crippen LogP) is 1.48. The number of nitrogens with zero attached hydrogens (tertiary/aromatic N) is 2. The first-order valence-corrected chi connectivity index (χ1v) is 9.29. The Morgan fingerprint density at radius 1 is 1.43 bits per heavy atom. The molecule has 1 N–H and O–H groups in total. The summed E-state index contributed by atoms with van der Waals surface area (Å²) in [5.41, 5.74) is 1.30. The van der Waals surface area contributed by atoms with Crippen molar-refractivity contribution in [1.82, 2.24) is 15.1 Å². The second-order valence-corrected chi connectivity index (χ2v) is 7.70. The molecule has 2 amide bonds. The van der Waals surface area contributed by atoms with Crippen LogP contribution in [0.5, 0.6) is 0 Å². The molecule has 0 saturated carbocycles. The average molecular weight is 335 g/mol. The molecule has 6 heteroatoms. The lowest BCUT2D eigenvalue weighted by molar-refractivity contribution is -0.135. The van der Waals surface area contributed by atoms with Crippen molar-refractivity contribution in [3.8, 4) is 0 Å². The van der Waals surface area contributed by atoms with Crippen molar-refractivity contribution < 1.29 is 9.59 Å². The van der Waals surface area contributed by atoms with E-state index in [2.05, 4.69) is 35.5 Å². The average Bonchev–Trinajstić information content (AvgIpc) is 2.99. The molecule has 1 aromatic heterocycles. The van der Waals surface area contributed by atoms with E-state index in [4.69, 9.17) is 0 Å². The van der Waals surface area contributed by atoms with Crippen LogP contribution in [0.1, 0.15) is 30.7 Å². The molecule has 0 radical (unpaired) electrons. The highest BCUT2D eigenvalue weighted by Crippen LogP contribution is 2.24. The Morgan fingerprint density at radius 2 is 2.26 bits per heavy atom. The molecule has 3 rings (SSSR count). The maximum Gasteiger partial charge on any atom is 0.237 e. The summed E-state index contributed by atoms with van der Waals surface area (Å²) in [5.74, 6) is 0.559. The standard InChI is InChI=1S/C17H25N3O2S/c1-12(2)16-17(22)18-6-9-19(16)8-4-15(21)20-7-3-14-13(11-20)5-10-23-14/h5,10,12,16H,3-4,6-9,11H2,1-2H3,(H,18,22). The molecule has 1 unspecified atom stereocenters. The van der Waals surface area contributed by atoms with Crippen molar-refractivity contribution in [2.75, 3.05) is 26.2 Å². The van der Waals surface area contributed by atoms with Crippen LogP contribution in [0.25, 0.3) is 0 Å². The van der Waals surface area contributed by atoms with Crippen LogP contribution in [-0.4, -0.2) is 53.8 Å². The molecule has 0 spiro atoms. The van der Waals surface area contributed by atoms with Crippen molar-refractivity contribution in [2.45, 2.75) is 39.3 Å². The highest BCUT2D eigenvalue weighted by atomic mass is 32.1. The third-order valence-electron chi connectivity index (χ3n) is 4.77. The van der Waals surface area contributed by atoms with E-state index in [1.807, 2.05) is 4.90 Å². The van der Waals surface area contributed by atoms with Crippen molar-refractivity contribution in [3.63, 3.8) is 0 Å². The fourth-order valence-corrected chi connectivity index (χ4v) is 4.46. The number of carbonyl (C=O) groups excluding carboxylic acids is 2. The van der Waals surface area contributed by atoms with Crippen LogP contribution in [0.15, 0.2) is 11.4 Å². The van der Waals surface area contributed by atoms with E-state index in [1.54, 1.807) is 11.3 Å². The first-order valence-electron chi connectivity index (χ1n) is 8.41. The Bertz CT molecular complexity index is 584. The van der Waals surface area contributed by atoms with Gasteiger partial charge in [0.25, 0.3) is 0 Å². The van der Waals surface area contributed by atoms with Crippen LogP contribution >= 0.6 is 11.3 Å². The molecule has 1 fully saturated rings. The molecule has 0 bridgehead atoms. The zero-order chi connectivity index (χ0) is 16.4. The fourth-order valence-electron chi connectivity index (χ4n) is 3.57. The summed E-state index contributed by atoms with van der Waals surface area (Å²) in [6, 6.07) is 2.02. The fraction of sp³-hybridized carbons (Fsp3) is 0.647. The Morgan fingerprint density at radius 3 is 3.04 bits per heavy atom. The van der Waals surface area contributed by atoms with E-state index in [-0.39, 0.29) is 23.8 Å². The predicted molar refractivity (Wildman–Crippen MR) is 91.3 cm³/mol. The third-order valence-corrected chi connectivity index (χ3v) is 5.79. The van der Waals surface area contributed by atoms with Gasteiger partial charge >= 0.3 is 0 Å². The van der Waals surface area contributed by atoms with Gasteiger partial charge in [0.2, 0.25) is 11.8 Å². The van der Waals surface area contributed by atoms with Crippen molar-refractivity contribution >= 4 is 23.2 Å². The smallest absolute Gasteiger partial charge is 0.237 e. The van der Waals surface area contributed by atoms with Crippen molar-refractivity contribution in [2.24, 2.45) is 5.92 Å². The maximum atomic E-state index is 12.5. The second kappa shape index (κ2) is 7.01. The normalized spacial score (nSPS) is 22.1. The number of hydrogen-bond acceptors (Lipinski definition) is 4. The summed E-state index contributed by atoms with van der Waals surface area (Å²) in [7, 11) is 0. The van der Waals surface area contributed by atoms with Gasteiger partial charge in [0.05, 0.1) is 6.04 Å². The Hall–Kier alpha value is -1.40. The van der Waals surface area contributed by atoms with Gasteiger partial charge in [0.15, 0.2) is 0 Å². The summed E-state index contributed by atoms with van der Waals surface area (Å²) in [6.45, 7) is 7.86. The van der Waals surface area contributed by atoms with Gasteiger partial charge in [-0.1, -0.05) is 13.8 Å². The van der Waals surface area contributed by atoms with Crippen LogP contribution in [0.2, 0.25) is 0 Å². The second-order valence-electron chi connectivity index (χ2n) is 6.70. The molecule has 126 valence electrons. The number of hydrogen-bond donors (Lipinski definition) is 1. The van der Waals surface area contributed by atoms with E-state index in [0.717, 1.165) is 26.1 Å². The molecule has 2 aliphatic heterocycles. The molecule has 5 nitrogen and oxygen atoms in total. The van der Waals surface area contributed by atoms with Gasteiger partial charge in [0.1, 0.15) is 0 Å². The number of piperazine rings is 1. The summed E-state index contributed by atoms with van der Waals surface area (Å²) in [5, 5.41) is 5.04. The first-order chi connectivity index (χ1) is 11.1. The largest absolute Gasteiger partial charge is 0.353 e. The quantitative estimate of drug-likeness (QED) is 0.907. The number of fused-ring (bicyclic) bond motifs is 1. The highest BCUT2D eigenvalue weighted by Gasteiger charge is 2.32. The van der Waals surface area contributed by atoms with Gasteiger partial charge in [-0.3, -0.25) is 14.5 Å². The maximum absolute atomic E-state index is 12.5. The lowest BCUT2D eigenvalue weighted by Gasteiger charge is -2.37. The van der Waals surface area contributed by atoms with Gasteiger partial charge in [-0.05, 0) is 29.3 Å². The monoisotopic (exact) mass is 335 g/mol. The molecular formula is C17H25N3O2S. The molecule has 3 heterocycles.